The summed E-state index contributed by atoms with van der Waals surface area (Å²) in [6, 6.07) is 3.69. The van der Waals surface area contributed by atoms with E-state index in [0.29, 0.717) is 12.2 Å². The number of piperidine rings is 1. The SMILES string of the molecule is CCC(=Cc1ccc(N2CCCCC2)o1)[N+](=O)[O-]. The van der Waals surface area contributed by atoms with Crippen molar-refractivity contribution in [1.29, 1.82) is 0 Å². The lowest BCUT2D eigenvalue weighted by Crippen LogP contribution is -2.28. The van der Waals surface area contributed by atoms with Gasteiger partial charge in [-0.1, -0.05) is 6.92 Å². The molecule has 5 nitrogen and oxygen atoms in total. The van der Waals surface area contributed by atoms with Crippen LogP contribution in [0.3, 0.4) is 0 Å². The number of nitrogens with zero attached hydrogens (tertiary/aromatic N) is 2. The number of hydrogen-bond donors (Lipinski definition) is 0. The van der Waals surface area contributed by atoms with E-state index in [1.165, 1.54) is 25.3 Å². The van der Waals surface area contributed by atoms with Gasteiger partial charge < -0.3 is 9.32 Å². The zero-order chi connectivity index (χ0) is 13.0. The van der Waals surface area contributed by atoms with Gasteiger partial charge in [0.15, 0.2) is 5.88 Å². The van der Waals surface area contributed by atoms with Crippen LogP contribution in [0.4, 0.5) is 5.88 Å². The third-order valence-corrected chi connectivity index (χ3v) is 3.19. The minimum absolute atomic E-state index is 0.176. The largest absolute Gasteiger partial charge is 0.441 e. The van der Waals surface area contributed by atoms with Crippen molar-refractivity contribution < 1.29 is 9.34 Å². The molecule has 18 heavy (non-hydrogen) atoms. The summed E-state index contributed by atoms with van der Waals surface area (Å²) in [5.74, 6) is 1.38. The van der Waals surface area contributed by atoms with E-state index in [1.807, 2.05) is 6.07 Å². The molecule has 1 saturated heterocycles. The van der Waals surface area contributed by atoms with E-state index in [0.717, 1.165) is 19.0 Å². The molecule has 0 aromatic carbocycles. The summed E-state index contributed by atoms with van der Waals surface area (Å²) >= 11 is 0. The highest BCUT2D eigenvalue weighted by atomic mass is 16.6. The van der Waals surface area contributed by atoms with Crippen LogP contribution in [0.25, 0.3) is 6.08 Å². The standard InChI is InChI=1S/C13H18N2O3/c1-2-11(15(16)17)10-12-6-7-13(18-12)14-8-4-3-5-9-14/h6-7,10H,2-5,8-9H2,1H3. The molecule has 0 atom stereocenters. The average molecular weight is 250 g/mol. The van der Waals surface area contributed by atoms with Gasteiger partial charge in [0.05, 0.1) is 11.0 Å². The Kier molecular flexibility index (Phi) is 4.02. The Morgan fingerprint density at radius 2 is 2.17 bits per heavy atom. The van der Waals surface area contributed by atoms with Crippen LogP contribution in [-0.2, 0) is 0 Å². The molecule has 0 N–H and O–H groups in total. The van der Waals surface area contributed by atoms with Gasteiger partial charge in [0.25, 0.3) is 0 Å². The molecule has 1 aliphatic rings. The van der Waals surface area contributed by atoms with E-state index in [2.05, 4.69) is 4.90 Å². The van der Waals surface area contributed by atoms with Crippen molar-refractivity contribution in [2.75, 3.05) is 18.0 Å². The maximum absolute atomic E-state index is 10.7. The molecule has 2 rings (SSSR count). The lowest BCUT2D eigenvalue weighted by molar-refractivity contribution is -0.425. The van der Waals surface area contributed by atoms with Gasteiger partial charge in [0.1, 0.15) is 5.76 Å². The van der Waals surface area contributed by atoms with Crippen LogP contribution in [0.15, 0.2) is 22.2 Å². The molecule has 0 spiro atoms. The molecule has 0 unspecified atom stereocenters. The molecule has 0 saturated carbocycles. The third-order valence-electron chi connectivity index (χ3n) is 3.19. The van der Waals surface area contributed by atoms with Crippen LogP contribution in [0, 0.1) is 10.1 Å². The molecular formula is C13H18N2O3. The summed E-state index contributed by atoms with van der Waals surface area (Å²) in [7, 11) is 0. The van der Waals surface area contributed by atoms with E-state index in [4.69, 9.17) is 4.42 Å². The molecule has 0 radical (unpaired) electrons. The fourth-order valence-electron chi connectivity index (χ4n) is 2.15. The van der Waals surface area contributed by atoms with Crippen LogP contribution >= 0.6 is 0 Å². The minimum Gasteiger partial charge on any atom is -0.441 e. The van der Waals surface area contributed by atoms with Crippen molar-refractivity contribution in [1.82, 2.24) is 0 Å². The topological polar surface area (TPSA) is 59.5 Å². The van der Waals surface area contributed by atoms with Gasteiger partial charge in [-0.15, -0.1) is 0 Å². The molecule has 0 bridgehead atoms. The van der Waals surface area contributed by atoms with E-state index < -0.39 is 0 Å². The van der Waals surface area contributed by atoms with Crippen LogP contribution < -0.4 is 4.90 Å². The van der Waals surface area contributed by atoms with Crippen molar-refractivity contribution >= 4 is 12.0 Å². The normalized spacial score (nSPS) is 16.9. The van der Waals surface area contributed by atoms with Crippen LogP contribution in [-0.4, -0.2) is 18.0 Å². The lowest BCUT2D eigenvalue weighted by atomic mass is 10.1. The molecule has 1 aromatic rings. The molecule has 0 amide bonds. The van der Waals surface area contributed by atoms with Crippen molar-refractivity contribution in [3.05, 3.63) is 33.7 Å². The molecule has 5 heteroatoms. The van der Waals surface area contributed by atoms with Gasteiger partial charge in [-0.2, -0.15) is 0 Å². The first kappa shape index (κ1) is 12.7. The highest BCUT2D eigenvalue weighted by Crippen LogP contribution is 2.24. The maximum Gasteiger partial charge on any atom is 0.249 e. The number of furan rings is 1. The Balaban J connectivity index is 2.12. The zero-order valence-corrected chi connectivity index (χ0v) is 10.6. The molecule has 98 valence electrons. The summed E-state index contributed by atoms with van der Waals surface area (Å²) in [5, 5.41) is 10.7. The summed E-state index contributed by atoms with van der Waals surface area (Å²) in [6.07, 6.45) is 5.54. The molecule has 1 fully saturated rings. The summed E-state index contributed by atoms with van der Waals surface area (Å²) in [5.41, 5.74) is 0.176. The first-order chi connectivity index (χ1) is 8.70. The Labute approximate surface area is 106 Å². The number of rotatable bonds is 4. The second-order valence-electron chi connectivity index (χ2n) is 4.47. The average Bonchev–Trinajstić information content (AvgIpc) is 2.85. The monoisotopic (exact) mass is 250 g/mol. The van der Waals surface area contributed by atoms with Gasteiger partial charge in [-0.25, -0.2) is 0 Å². The van der Waals surface area contributed by atoms with Crippen LogP contribution in [0.1, 0.15) is 38.4 Å². The summed E-state index contributed by atoms with van der Waals surface area (Å²) < 4.78 is 5.65. The van der Waals surface area contributed by atoms with E-state index in [-0.39, 0.29) is 10.6 Å². The Morgan fingerprint density at radius 3 is 2.78 bits per heavy atom. The predicted octanol–water partition coefficient (Wildman–Crippen LogP) is 3.30. The predicted molar refractivity (Wildman–Crippen MR) is 70.0 cm³/mol. The van der Waals surface area contributed by atoms with Gasteiger partial charge in [0, 0.05) is 25.6 Å². The van der Waals surface area contributed by atoms with Crippen LogP contribution in [0.2, 0.25) is 0 Å². The molecular weight excluding hydrogens is 232 g/mol. The van der Waals surface area contributed by atoms with Gasteiger partial charge in [-0.3, -0.25) is 10.1 Å². The Morgan fingerprint density at radius 1 is 1.44 bits per heavy atom. The third kappa shape index (κ3) is 2.91. The first-order valence-corrected chi connectivity index (χ1v) is 6.40. The lowest BCUT2D eigenvalue weighted by Gasteiger charge is -2.25. The van der Waals surface area contributed by atoms with Gasteiger partial charge >= 0.3 is 0 Å². The molecule has 2 heterocycles. The number of anilines is 1. The number of hydrogen-bond acceptors (Lipinski definition) is 4. The Bertz CT molecular complexity index is 445. The highest BCUT2D eigenvalue weighted by Gasteiger charge is 2.15. The van der Waals surface area contributed by atoms with Crippen molar-refractivity contribution in [3.63, 3.8) is 0 Å². The second-order valence-corrected chi connectivity index (χ2v) is 4.47. The maximum atomic E-state index is 10.7. The van der Waals surface area contributed by atoms with Crippen molar-refractivity contribution in [2.45, 2.75) is 32.6 Å². The second kappa shape index (κ2) is 5.71. The first-order valence-electron chi connectivity index (χ1n) is 6.40. The van der Waals surface area contributed by atoms with E-state index in [1.54, 1.807) is 13.0 Å². The van der Waals surface area contributed by atoms with Gasteiger partial charge in [0.2, 0.25) is 5.70 Å². The summed E-state index contributed by atoms with van der Waals surface area (Å²) in [6.45, 7) is 3.78. The van der Waals surface area contributed by atoms with E-state index >= 15 is 0 Å². The van der Waals surface area contributed by atoms with Crippen molar-refractivity contribution in [3.8, 4) is 0 Å². The van der Waals surface area contributed by atoms with E-state index in [9.17, 15) is 10.1 Å². The fraction of sp³-hybridized carbons (Fsp3) is 0.538. The molecule has 1 aliphatic heterocycles. The number of allylic oxidation sites excluding steroid dienone is 1. The highest BCUT2D eigenvalue weighted by molar-refractivity contribution is 5.49. The molecule has 0 aliphatic carbocycles. The van der Waals surface area contributed by atoms with Crippen molar-refractivity contribution in [2.24, 2.45) is 0 Å². The smallest absolute Gasteiger partial charge is 0.249 e. The quantitative estimate of drug-likeness (QED) is 0.607. The summed E-state index contributed by atoms with van der Waals surface area (Å²) in [4.78, 5) is 12.6. The fourth-order valence-corrected chi connectivity index (χ4v) is 2.15. The Hall–Kier alpha value is -1.78. The number of nitro groups is 1. The zero-order valence-electron chi connectivity index (χ0n) is 10.6. The van der Waals surface area contributed by atoms with Crippen LogP contribution in [0.5, 0.6) is 0 Å². The van der Waals surface area contributed by atoms with Gasteiger partial charge in [-0.05, 0) is 25.3 Å². The molecule has 1 aromatic heterocycles. The minimum atomic E-state index is -0.358.